The Morgan fingerprint density at radius 3 is 1.70 bits per heavy atom. The molecule has 0 saturated heterocycles. The van der Waals surface area contributed by atoms with Gasteiger partial charge < -0.3 is 4.74 Å². The normalized spacial score (nSPS) is 12.9. The van der Waals surface area contributed by atoms with E-state index in [1.54, 1.807) is 0 Å². The summed E-state index contributed by atoms with van der Waals surface area (Å²) >= 11 is 0. The van der Waals surface area contributed by atoms with Crippen LogP contribution < -0.4 is 5.01 Å². The Morgan fingerprint density at radius 2 is 1.06 bits per heavy atom. The molecule has 0 atom stereocenters. The number of fused-ring (bicyclic) bond motifs is 6. The number of rotatable bonds is 14. The molecule has 0 saturated carbocycles. The van der Waals surface area contributed by atoms with Gasteiger partial charge >= 0.3 is 5.97 Å². The highest BCUT2D eigenvalue weighted by Gasteiger charge is 2.28. The molecule has 0 aromatic heterocycles. The molecule has 0 bridgehead atoms. The van der Waals surface area contributed by atoms with E-state index < -0.39 is 0 Å². The van der Waals surface area contributed by atoms with E-state index in [0.29, 0.717) is 12.2 Å². The smallest absolute Gasteiger partial charge is 0.338 e. The van der Waals surface area contributed by atoms with Crippen molar-refractivity contribution in [3.8, 4) is 22.3 Å². The van der Waals surface area contributed by atoms with Gasteiger partial charge in [0, 0.05) is 11.1 Å². The van der Waals surface area contributed by atoms with Crippen molar-refractivity contribution in [2.75, 3.05) is 11.6 Å². The molecule has 0 unspecified atom stereocenters. The molecule has 0 aliphatic heterocycles. The summed E-state index contributed by atoms with van der Waals surface area (Å²) in [5, 5.41) is 7.40. The van der Waals surface area contributed by atoms with Crippen LogP contribution in [0.25, 0.3) is 33.9 Å². The van der Waals surface area contributed by atoms with Crippen molar-refractivity contribution < 1.29 is 9.53 Å². The third kappa shape index (κ3) is 7.30. The van der Waals surface area contributed by atoms with Crippen LogP contribution in [0.15, 0.2) is 151 Å². The zero-order valence-corrected chi connectivity index (χ0v) is 31.0. The number of hydrazone groups is 1. The molecule has 4 heteroatoms. The molecule has 54 heavy (non-hydrogen) atoms. The Hall–Kier alpha value is -6.00. The van der Waals surface area contributed by atoms with Gasteiger partial charge in [-0.25, -0.2) is 9.80 Å². The molecule has 2 aliphatic carbocycles. The van der Waals surface area contributed by atoms with Crippen LogP contribution in [0.5, 0.6) is 0 Å². The lowest BCUT2D eigenvalue weighted by atomic mass is 10.0. The van der Waals surface area contributed by atoms with E-state index in [2.05, 4.69) is 110 Å². The van der Waals surface area contributed by atoms with E-state index in [-0.39, 0.29) is 5.97 Å². The molecule has 2 aliphatic rings. The minimum Gasteiger partial charge on any atom is -0.462 e. The topological polar surface area (TPSA) is 41.9 Å². The van der Waals surface area contributed by atoms with Crippen molar-refractivity contribution in [3.63, 3.8) is 0 Å². The van der Waals surface area contributed by atoms with Gasteiger partial charge in [-0.15, -0.1) is 0 Å². The highest BCUT2D eigenvalue weighted by Crippen LogP contribution is 2.45. The summed E-state index contributed by atoms with van der Waals surface area (Å²) in [6.45, 7) is 2.70. The molecule has 4 nitrogen and oxygen atoms in total. The first-order chi connectivity index (χ1) is 26.7. The molecular formula is C50H46N2O2. The molecule has 8 rings (SSSR count). The van der Waals surface area contributed by atoms with Crippen LogP contribution in [-0.2, 0) is 4.74 Å². The maximum Gasteiger partial charge on any atom is 0.338 e. The number of hydrogen-bond donors (Lipinski definition) is 0. The fraction of sp³-hybridized carbons (Fsp3) is 0.200. The number of nitrogens with zero attached hydrogens (tertiary/aromatic N) is 2. The average molecular weight is 707 g/mol. The Balaban J connectivity index is 1.06. The fourth-order valence-corrected chi connectivity index (χ4v) is 7.78. The third-order valence-electron chi connectivity index (χ3n) is 10.6. The largest absolute Gasteiger partial charge is 0.462 e. The second kappa shape index (κ2) is 16.3. The molecule has 268 valence electrons. The maximum atomic E-state index is 13.2. The second-order valence-corrected chi connectivity index (χ2v) is 14.3. The predicted octanol–water partition coefficient (Wildman–Crippen LogP) is 13.1. The third-order valence-corrected chi connectivity index (χ3v) is 10.6. The SMILES string of the molecule is CCCCCCCCCCOC(=O)c1ccc2c(c1)-c1ccccc1C2=NN(c1ccccc1)c1ccc(C=C2c3ccccc3-c3ccccc32)cc1. The zero-order valence-electron chi connectivity index (χ0n) is 31.0. The lowest BCUT2D eigenvalue weighted by Gasteiger charge is -2.21. The van der Waals surface area contributed by atoms with Crippen molar-refractivity contribution in [1.82, 2.24) is 0 Å². The summed E-state index contributed by atoms with van der Waals surface area (Å²) in [5.41, 5.74) is 14.9. The number of para-hydroxylation sites is 1. The van der Waals surface area contributed by atoms with Crippen molar-refractivity contribution in [3.05, 3.63) is 179 Å². The van der Waals surface area contributed by atoms with Gasteiger partial charge in [-0.2, -0.15) is 5.10 Å². The van der Waals surface area contributed by atoms with E-state index >= 15 is 0 Å². The Bertz CT molecular complexity index is 2270. The van der Waals surface area contributed by atoms with Crippen molar-refractivity contribution in [2.24, 2.45) is 5.10 Å². The summed E-state index contributed by atoms with van der Waals surface area (Å²) in [5.74, 6) is -0.269. The molecule has 6 aromatic rings. The minimum atomic E-state index is -0.269. The standard InChI is InChI=1S/C50H46N2O2/c1-2-3-4-5-6-7-8-18-33-54-50(53)37-29-32-46-48(35-37)44-25-16-17-26-45(44)49(46)51-52(38-19-10-9-11-20-38)39-30-27-36(28-31-39)34-47-42-23-14-12-21-40(42)41-22-13-15-24-43(41)47/h9-17,19-32,34-35H,2-8,18,33H2,1H3. The van der Waals surface area contributed by atoms with Crippen LogP contribution in [0.3, 0.4) is 0 Å². The van der Waals surface area contributed by atoms with Gasteiger partial charge in [-0.3, -0.25) is 0 Å². The van der Waals surface area contributed by atoms with Crippen molar-refractivity contribution in [2.45, 2.75) is 58.3 Å². The summed E-state index contributed by atoms with van der Waals surface area (Å²) < 4.78 is 5.73. The summed E-state index contributed by atoms with van der Waals surface area (Å²) in [6.07, 6.45) is 12.0. The van der Waals surface area contributed by atoms with Gasteiger partial charge in [-0.05, 0) is 93.4 Å². The van der Waals surface area contributed by atoms with Gasteiger partial charge in [0.05, 0.1) is 29.3 Å². The maximum absolute atomic E-state index is 13.2. The van der Waals surface area contributed by atoms with Gasteiger partial charge in [0.1, 0.15) is 0 Å². The van der Waals surface area contributed by atoms with E-state index in [9.17, 15) is 4.79 Å². The number of carbonyl (C=O) groups excluding carboxylic acids is 1. The lowest BCUT2D eigenvalue weighted by Crippen LogP contribution is -2.14. The number of carbonyl (C=O) groups is 1. The van der Waals surface area contributed by atoms with Crippen LogP contribution >= 0.6 is 0 Å². The first-order valence-corrected chi connectivity index (χ1v) is 19.6. The van der Waals surface area contributed by atoms with Crippen LogP contribution in [-0.4, -0.2) is 18.3 Å². The number of unbranched alkanes of at least 4 members (excludes halogenated alkanes) is 7. The minimum absolute atomic E-state index is 0.269. The average Bonchev–Trinajstić information content (AvgIpc) is 3.71. The number of hydrogen-bond acceptors (Lipinski definition) is 4. The molecule has 0 fully saturated rings. The van der Waals surface area contributed by atoms with Crippen LogP contribution in [0.2, 0.25) is 0 Å². The van der Waals surface area contributed by atoms with E-state index in [4.69, 9.17) is 9.84 Å². The predicted molar refractivity (Wildman–Crippen MR) is 224 cm³/mol. The Kier molecular flexibility index (Phi) is 10.6. The van der Waals surface area contributed by atoms with Crippen molar-refractivity contribution >= 4 is 34.7 Å². The molecule has 0 N–H and O–H groups in total. The zero-order chi connectivity index (χ0) is 36.7. The molecule has 0 spiro atoms. The van der Waals surface area contributed by atoms with Gasteiger partial charge in [0.2, 0.25) is 0 Å². The van der Waals surface area contributed by atoms with Crippen molar-refractivity contribution in [1.29, 1.82) is 0 Å². The molecule has 0 radical (unpaired) electrons. The quantitative estimate of drug-likeness (QED) is 0.0642. The van der Waals surface area contributed by atoms with Gasteiger partial charge in [-0.1, -0.05) is 161 Å². The molecular weight excluding hydrogens is 661 g/mol. The summed E-state index contributed by atoms with van der Waals surface area (Å²) in [6, 6.07) is 50.4. The van der Waals surface area contributed by atoms with Crippen LogP contribution in [0, 0.1) is 0 Å². The molecule has 0 heterocycles. The van der Waals surface area contributed by atoms with E-state index in [1.807, 2.05) is 53.5 Å². The summed E-state index contributed by atoms with van der Waals surface area (Å²) in [4.78, 5) is 13.2. The molecule has 0 amide bonds. The highest BCUT2D eigenvalue weighted by atomic mass is 16.5. The first-order valence-electron chi connectivity index (χ1n) is 19.6. The van der Waals surface area contributed by atoms with Crippen LogP contribution in [0.4, 0.5) is 11.4 Å². The molecule has 6 aromatic carbocycles. The summed E-state index contributed by atoms with van der Waals surface area (Å²) in [7, 11) is 0. The number of esters is 1. The highest BCUT2D eigenvalue weighted by molar-refractivity contribution is 6.25. The Labute approximate surface area is 319 Å². The van der Waals surface area contributed by atoms with Gasteiger partial charge in [0.15, 0.2) is 0 Å². The van der Waals surface area contributed by atoms with E-state index in [0.717, 1.165) is 57.7 Å². The second-order valence-electron chi connectivity index (χ2n) is 14.3. The fourth-order valence-electron chi connectivity index (χ4n) is 7.78. The number of anilines is 2. The first kappa shape index (κ1) is 35.1. The number of benzene rings is 6. The van der Waals surface area contributed by atoms with E-state index in [1.165, 1.54) is 66.4 Å². The number of ether oxygens (including phenoxy) is 1. The van der Waals surface area contributed by atoms with Gasteiger partial charge in [0.25, 0.3) is 0 Å². The van der Waals surface area contributed by atoms with Crippen LogP contribution in [0.1, 0.15) is 96.5 Å². The lowest BCUT2D eigenvalue weighted by molar-refractivity contribution is 0.0497. The Morgan fingerprint density at radius 1 is 0.537 bits per heavy atom. The monoisotopic (exact) mass is 706 g/mol.